The van der Waals surface area contributed by atoms with Crippen molar-refractivity contribution in [3.05, 3.63) is 53.4 Å². The Kier molecular flexibility index (Phi) is 3.82. The van der Waals surface area contributed by atoms with E-state index in [1.54, 1.807) is 24.7 Å². The largest absolute Gasteiger partial charge is 0.360 e. The molecule has 2 aromatic heterocycles. The number of rotatable bonds is 2. The molecule has 3 aromatic rings. The van der Waals surface area contributed by atoms with Crippen molar-refractivity contribution in [3.63, 3.8) is 0 Å². The highest BCUT2D eigenvalue weighted by molar-refractivity contribution is 6.31. The van der Waals surface area contributed by atoms with E-state index in [2.05, 4.69) is 19.9 Å². The Morgan fingerprint density at radius 3 is 2.62 bits per heavy atom. The Bertz CT molecular complexity index is 871. The van der Waals surface area contributed by atoms with E-state index in [-0.39, 0.29) is 5.91 Å². The zero-order valence-electron chi connectivity index (χ0n) is 12.9. The molecule has 4 rings (SSSR count). The van der Waals surface area contributed by atoms with Gasteiger partial charge in [0.2, 0.25) is 5.95 Å². The Hall–Kier alpha value is -2.60. The molecule has 0 spiro atoms. The van der Waals surface area contributed by atoms with E-state index in [9.17, 15) is 4.79 Å². The fourth-order valence-electron chi connectivity index (χ4n) is 3.00. The Labute approximate surface area is 144 Å². The van der Waals surface area contributed by atoms with E-state index >= 15 is 0 Å². The van der Waals surface area contributed by atoms with Crippen LogP contribution in [0.1, 0.15) is 10.4 Å². The van der Waals surface area contributed by atoms with Gasteiger partial charge in [-0.15, -0.1) is 0 Å². The van der Waals surface area contributed by atoms with Crippen LogP contribution in [-0.2, 0) is 0 Å². The van der Waals surface area contributed by atoms with Gasteiger partial charge in [-0.3, -0.25) is 4.79 Å². The summed E-state index contributed by atoms with van der Waals surface area (Å²) in [5, 5.41) is 1.49. The van der Waals surface area contributed by atoms with E-state index in [4.69, 9.17) is 11.6 Å². The average Bonchev–Trinajstić information content (AvgIpc) is 3.05. The molecule has 1 amide bonds. The fourth-order valence-corrected chi connectivity index (χ4v) is 3.18. The van der Waals surface area contributed by atoms with Crippen LogP contribution in [0.2, 0.25) is 5.02 Å². The van der Waals surface area contributed by atoms with Crippen molar-refractivity contribution >= 4 is 34.4 Å². The molecule has 3 heterocycles. The van der Waals surface area contributed by atoms with Gasteiger partial charge in [0, 0.05) is 60.7 Å². The molecule has 0 unspecified atom stereocenters. The Morgan fingerprint density at radius 1 is 1.12 bits per heavy atom. The number of aromatic nitrogens is 3. The van der Waals surface area contributed by atoms with Crippen LogP contribution in [0.25, 0.3) is 10.9 Å². The number of benzene rings is 1. The second-order valence-electron chi connectivity index (χ2n) is 5.72. The Morgan fingerprint density at radius 2 is 1.88 bits per heavy atom. The molecule has 1 N–H and O–H groups in total. The monoisotopic (exact) mass is 341 g/mol. The standard InChI is InChI=1S/C17H16ClN5O/c18-12-2-3-15-13(10-12)14(11-21-15)16(24)22-6-8-23(9-7-22)17-19-4-1-5-20-17/h1-5,10-11,21H,6-9H2. The topological polar surface area (TPSA) is 65.1 Å². The molecule has 0 atom stereocenters. The lowest BCUT2D eigenvalue weighted by Crippen LogP contribution is -2.49. The highest BCUT2D eigenvalue weighted by Gasteiger charge is 2.25. The molecule has 0 aliphatic carbocycles. The summed E-state index contributed by atoms with van der Waals surface area (Å²) in [5.74, 6) is 0.737. The van der Waals surface area contributed by atoms with Crippen molar-refractivity contribution in [2.45, 2.75) is 0 Å². The first kappa shape index (κ1) is 15.0. The van der Waals surface area contributed by atoms with Gasteiger partial charge in [-0.1, -0.05) is 11.6 Å². The lowest BCUT2D eigenvalue weighted by molar-refractivity contribution is 0.0748. The smallest absolute Gasteiger partial charge is 0.256 e. The highest BCUT2D eigenvalue weighted by Crippen LogP contribution is 2.24. The average molecular weight is 342 g/mol. The van der Waals surface area contributed by atoms with Gasteiger partial charge in [0.25, 0.3) is 5.91 Å². The summed E-state index contributed by atoms with van der Waals surface area (Å²) in [5.41, 5.74) is 1.58. The molecule has 1 fully saturated rings. The normalized spacial score (nSPS) is 15.0. The summed E-state index contributed by atoms with van der Waals surface area (Å²) >= 11 is 6.07. The molecule has 122 valence electrons. The van der Waals surface area contributed by atoms with Crippen molar-refractivity contribution < 1.29 is 4.79 Å². The summed E-state index contributed by atoms with van der Waals surface area (Å²) < 4.78 is 0. The first-order valence-electron chi connectivity index (χ1n) is 7.80. The third kappa shape index (κ3) is 2.69. The molecule has 0 saturated carbocycles. The highest BCUT2D eigenvalue weighted by atomic mass is 35.5. The number of fused-ring (bicyclic) bond motifs is 1. The van der Waals surface area contributed by atoms with Crippen LogP contribution in [0.15, 0.2) is 42.9 Å². The van der Waals surface area contributed by atoms with Gasteiger partial charge in [-0.2, -0.15) is 0 Å². The number of hydrogen-bond acceptors (Lipinski definition) is 4. The minimum Gasteiger partial charge on any atom is -0.360 e. The molecule has 1 saturated heterocycles. The number of aromatic amines is 1. The van der Waals surface area contributed by atoms with Gasteiger partial charge < -0.3 is 14.8 Å². The number of piperazine rings is 1. The number of nitrogens with one attached hydrogen (secondary N) is 1. The van der Waals surface area contributed by atoms with Crippen molar-refractivity contribution in [3.8, 4) is 0 Å². The zero-order valence-corrected chi connectivity index (χ0v) is 13.7. The number of hydrogen-bond donors (Lipinski definition) is 1. The van der Waals surface area contributed by atoms with E-state index < -0.39 is 0 Å². The molecule has 1 aliphatic rings. The second-order valence-corrected chi connectivity index (χ2v) is 6.16. The maximum absolute atomic E-state index is 12.8. The van der Waals surface area contributed by atoms with Crippen molar-refractivity contribution in [1.29, 1.82) is 0 Å². The van der Waals surface area contributed by atoms with E-state index in [1.165, 1.54) is 0 Å². The molecule has 0 bridgehead atoms. The molecule has 1 aromatic carbocycles. The minimum absolute atomic E-state index is 0.0251. The van der Waals surface area contributed by atoms with Crippen LogP contribution in [0, 0.1) is 0 Å². The van der Waals surface area contributed by atoms with Crippen LogP contribution >= 0.6 is 11.6 Å². The quantitative estimate of drug-likeness (QED) is 0.778. The van der Waals surface area contributed by atoms with Gasteiger partial charge in [-0.05, 0) is 24.3 Å². The number of carbonyl (C=O) groups is 1. The summed E-state index contributed by atoms with van der Waals surface area (Å²) in [7, 11) is 0. The predicted octanol–water partition coefficient (Wildman–Crippen LogP) is 2.57. The molecular formula is C17H16ClN5O. The minimum atomic E-state index is 0.0251. The lowest BCUT2D eigenvalue weighted by atomic mass is 10.1. The van der Waals surface area contributed by atoms with Gasteiger partial charge in [0.15, 0.2) is 0 Å². The predicted molar refractivity (Wildman–Crippen MR) is 93.5 cm³/mol. The number of nitrogens with zero attached hydrogens (tertiary/aromatic N) is 4. The number of H-pyrrole nitrogens is 1. The molecule has 7 heteroatoms. The van der Waals surface area contributed by atoms with E-state index in [0.29, 0.717) is 29.6 Å². The van der Waals surface area contributed by atoms with Crippen LogP contribution < -0.4 is 4.90 Å². The first-order chi connectivity index (χ1) is 11.7. The van der Waals surface area contributed by atoms with Crippen molar-refractivity contribution in [1.82, 2.24) is 19.9 Å². The summed E-state index contributed by atoms with van der Waals surface area (Å²) in [6.45, 7) is 2.73. The van der Waals surface area contributed by atoms with Crippen molar-refractivity contribution in [2.24, 2.45) is 0 Å². The van der Waals surface area contributed by atoms with Gasteiger partial charge >= 0.3 is 0 Å². The number of halogens is 1. The van der Waals surface area contributed by atoms with Gasteiger partial charge in [0.1, 0.15) is 0 Å². The summed E-state index contributed by atoms with van der Waals surface area (Å²) in [4.78, 5) is 28.5. The van der Waals surface area contributed by atoms with Crippen molar-refractivity contribution in [2.75, 3.05) is 31.1 Å². The lowest BCUT2D eigenvalue weighted by Gasteiger charge is -2.34. The van der Waals surface area contributed by atoms with Crippen LogP contribution in [-0.4, -0.2) is 51.9 Å². The van der Waals surface area contributed by atoms with Gasteiger partial charge in [-0.25, -0.2) is 9.97 Å². The zero-order chi connectivity index (χ0) is 16.5. The molecule has 1 aliphatic heterocycles. The Balaban J connectivity index is 1.51. The third-order valence-corrected chi connectivity index (χ3v) is 4.51. The number of anilines is 1. The summed E-state index contributed by atoms with van der Waals surface area (Å²) in [6.07, 6.45) is 5.22. The number of carbonyl (C=O) groups excluding carboxylic acids is 1. The fraction of sp³-hybridized carbons (Fsp3) is 0.235. The molecular weight excluding hydrogens is 326 g/mol. The summed E-state index contributed by atoms with van der Waals surface area (Å²) in [6, 6.07) is 7.33. The first-order valence-corrected chi connectivity index (χ1v) is 8.18. The maximum atomic E-state index is 12.8. The SMILES string of the molecule is O=C(c1c[nH]c2ccc(Cl)cc12)N1CCN(c2ncccn2)CC1. The molecule has 24 heavy (non-hydrogen) atoms. The molecule has 6 nitrogen and oxygen atoms in total. The second kappa shape index (κ2) is 6.13. The van der Waals surface area contributed by atoms with Crippen LogP contribution in [0.4, 0.5) is 5.95 Å². The van der Waals surface area contributed by atoms with Crippen LogP contribution in [0.5, 0.6) is 0 Å². The van der Waals surface area contributed by atoms with Gasteiger partial charge in [0.05, 0.1) is 5.56 Å². The molecule has 0 radical (unpaired) electrons. The third-order valence-electron chi connectivity index (χ3n) is 4.28. The van der Waals surface area contributed by atoms with E-state index in [0.717, 1.165) is 24.0 Å². The maximum Gasteiger partial charge on any atom is 0.256 e. The van der Waals surface area contributed by atoms with Crippen LogP contribution in [0.3, 0.4) is 0 Å². The number of amides is 1. The van der Waals surface area contributed by atoms with E-state index in [1.807, 2.05) is 23.1 Å².